The highest BCUT2D eigenvalue weighted by atomic mass is 35.5. The summed E-state index contributed by atoms with van der Waals surface area (Å²) >= 11 is 11.4. The van der Waals surface area contributed by atoms with E-state index < -0.39 is 10.8 Å². The van der Waals surface area contributed by atoms with Crippen LogP contribution < -0.4 is 5.32 Å². The molecule has 2 N–H and O–H groups in total. The van der Waals surface area contributed by atoms with Crippen LogP contribution in [0.3, 0.4) is 0 Å². The molecule has 42 heavy (non-hydrogen) atoms. The summed E-state index contributed by atoms with van der Waals surface area (Å²) in [5.41, 5.74) is 2.52. The Kier molecular flexibility index (Phi) is 14.5. The molecule has 2 amide bonds. The third kappa shape index (κ3) is 9.48. The van der Waals surface area contributed by atoms with Gasteiger partial charge < -0.3 is 9.90 Å². The summed E-state index contributed by atoms with van der Waals surface area (Å²) in [6.07, 6.45) is 1.75. The molecule has 0 bridgehead atoms. The predicted octanol–water partition coefficient (Wildman–Crippen LogP) is 7.98. The average Bonchev–Trinajstić information content (AvgIpc) is 3.12. The molecule has 0 radical (unpaired) electrons. The van der Waals surface area contributed by atoms with Crippen molar-refractivity contribution < 1.29 is 19.5 Å². The molecule has 1 saturated heterocycles. The molecule has 1 aliphatic rings. The Morgan fingerprint density at radius 2 is 1.33 bits per heavy atom. The molecule has 1 heterocycles. The molecule has 7 heteroatoms. The number of benzene rings is 3. The van der Waals surface area contributed by atoms with E-state index in [-0.39, 0.29) is 23.3 Å². The van der Waals surface area contributed by atoms with Crippen molar-refractivity contribution in [1.82, 2.24) is 5.32 Å². The zero-order valence-electron chi connectivity index (χ0n) is 24.8. The Hall–Kier alpha value is -4.11. The fraction of sp³-hybridized carbons (Fsp3) is 0.229. The van der Waals surface area contributed by atoms with E-state index in [1.54, 1.807) is 56.3 Å². The summed E-state index contributed by atoms with van der Waals surface area (Å²) in [6, 6.07) is 23.1. The first kappa shape index (κ1) is 35.9. The largest absolute Gasteiger partial charge is 0.508 e. The predicted molar refractivity (Wildman–Crippen MR) is 172 cm³/mol. The maximum Gasteiger partial charge on any atom is 0.242 e. The number of imide groups is 1. The van der Waals surface area contributed by atoms with Crippen LogP contribution in [0.1, 0.15) is 58.2 Å². The van der Waals surface area contributed by atoms with Gasteiger partial charge in [0.15, 0.2) is 0 Å². The fourth-order valence-corrected chi connectivity index (χ4v) is 4.27. The van der Waals surface area contributed by atoms with E-state index in [9.17, 15) is 19.5 Å². The highest BCUT2D eigenvalue weighted by molar-refractivity contribution is 6.30. The molecule has 0 spiro atoms. The molecule has 0 saturated carbocycles. The first-order chi connectivity index (χ1) is 19.8. The number of Topliss-reactive ketones (excluding diaryl/α,β-unsaturated/α-hetero) is 1. The Bertz CT molecular complexity index is 1400. The number of carbonyl (C=O) groups excluding carboxylic acids is 3. The Labute approximate surface area is 259 Å². The van der Waals surface area contributed by atoms with Crippen molar-refractivity contribution in [3.63, 3.8) is 0 Å². The molecular formula is C35H37Cl2NO4. The van der Waals surface area contributed by atoms with Gasteiger partial charge in [-0.2, -0.15) is 0 Å². The molecular weight excluding hydrogens is 569 g/mol. The molecule has 220 valence electrons. The number of halogens is 2. The fourth-order valence-electron chi connectivity index (χ4n) is 4.09. The summed E-state index contributed by atoms with van der Waals surface area (Å²) < 4.78 is 0. The third-order valence-electron chi connectivity index (χ3n) is 5.99. The van der Waals surface area contributed by atoms with E-state index in [1.807, 2.05) is 44.2 Å². The quantitative estimate of drug-likeness (QED) is 0.176. The topological polar surface area (TPSA) is 83.5 Å². The van der Waals surface area contributed by atoms with Gasteiger partial charge >= 0.3 is 0 Å². The number of rotatable bonds is 2. The molecule has 3 aromatic carbocycles. The van der Waals surface area contributed by atoms with Gasteiger partial charge in [-0.15, -0.1) is 6.58 Å². The van der Waals surface area contributed by atoms with Crippen molar-refractivity contribution in [2.75, 3.05) is 0 Å². The van der Waals surface area contributed by atoms with Crippen molar-refractivity contribution in [3.8, 4) is 17.6 Å². The number of hydrogen-bond acceptors (Lipinski definition) is 4. The van der Waals surface area contributed by atoms with Crippen LogP contribution in [0.4, 0.5) is 0 Å². The van der Waals surface area contributed by atoms with Crippen molar-refractivity contribution >= 4 is 40.8 Å². The average molecular weight is 607 g/mol. The first-order valence-electron chi connectivity index (χ1n) is 13.1. The monoisotopic (exact) mass is 605 g/mol. The lowest BCUT2D eigenvalue weighted by Gasteiger charge is -2.38. The van der Waals surface area contributed by atoms with E-state index in [2.05, 4.69) is 23.7 Å². The zero-order valence-corrected chi connectivity index (χ0v) is 26.3. The standard InChI is InChI=1S/C18H16ClNO3.C11H9Cl.C3H6O.C3H6/c1-17(2)15(22)20-16(23)18(17,11-3-7-13(19)8-4-11)12-5-9-14(21)10-6-12;1-10(9-12)7-8-11-5-3-2-4-6-11;1-3(2)4;1-3-2/h3-10,21H,1-2H3,(H,20,22,23);2-6,9H,1H3;1-2H3;3H,1H2,2H3/t18-;;;/m1.../s1. The number of amides is 2. The van der Waals surface area contributed by atoms with E-state index in [0.29, 0.717) is 16.1 Å². The van der Waals surface area contributed by atoms with Gasteiger partial charge in [0.05, 0.1) is 5.41 Å². The molecule has 5 nitrogen and oxygen atoms in total. The normalized spacial score (nSPS) is 16.4. The highest BCUT2D eigenvalue weighted by Gasteiger charge is 2.62. The number of ketones is 1. The second kappa shape index (κ2) is 17.0. The van der Waals surface area contributed by atoms with Crippen LogP contribution in [-0.4, -0.2) is 22.7 Å². The van der Waals surface area contributed by atoms with Gasteiger partial charge in [0, 0.05) is 21.7 Å². The summed E-state index contributed by atoms with van der Waals surface area (Å²) in [5.74, 6) is 5.48. The van der Waals surface area contributed by atoms with Gasteiger partial charge in [-0.05, 0) is 89.1 Å². The maximum atomic E-state index is 12.9. The molecule has 0 aliphatic carbocycles. The number of allylic oxidation sites excluding steroid dienone is 2. The number of hydrogen-bond donors (Lipinski definition) is 2. The summed E-state index contributed by atoms with van der Waals surface area (Å²) in [4.78, 5) is 34.7. The van der Waals surface area contributed by atoms with E-state index in [4.69, 9.17) is 23.2 Å². The number of nitrogens with one attached hydrogen (secondary N) is 1. The minimum atomic E-state index is -1.18. The molecule has 1 atom stereocenters. The van der Waals surface area contributed by atoms with Crippen LogP contribution in [0.2, 0.25) is 5.02 Å². The van der Waals surface area contributed by atoms with Crippen molar-refractivity contribution in [1.29, 1.82) is 0 Å². The lowest BCUT2D eigenvalue weighted by Crippen LogP contribution is -2.46. The maximum absolute atomic E-state index is 12.9. The number of carbonyl (C=O) groups is 3. The molecule has 0 aromatic heterocycles. The van der Waals surface area contributed by atoms with E-state index in [0.717, 1.165) is 11.1 Å². The second-order valence-electron chi connectivity index (χ2n) is 9.94. The van der Waals surface area contributed by atoms with Crippen LogP contribution in [0, 0.1) is 17.3 Å². The molecule has 1 fully saturated rings. The van der Waals surface area contributed by atoms with Crippen LogP contribution in [0.25, 0.3) is 0 Å². The van der Waals surface area contributed by atoms with Crippen molar-refractivity contribution in [3.05, 3.63) is 124 Å². The minimum Gasteiger partial charge on any atom is -0.508 e. The van der Waals surface area contributed by atoms with E-state index in [1.165, 1.54) is 31.5 Å². The van der Waals surface area contributed by atoms with Crippen molar-refractivity contribution in [2.24, 2.45) is 5.41 Å². The number of phenols is 1. The Balaban J connectivity index is 0.000000388. The van der Waals surface area contributed by atoms with Crippen LogP contribution in [0.5, 0.6) is 5.75 Å². The lowest BCUT2D eigenvalue weighted by molar-refractivity contribution is -0.127. The van der Waals surface area contributed by atoms with Crippen LogP contribution in [-0.2, 0) is 19.8 Å². The SMILES string of the molecule is C=CC.CC(C#Cc1ccccc1)=CCl.CC(C)=O.CC1(C)C(=O)NC(=O)[C@]1(c1ccc(O)cc1)c1ccc(Cl)cc1. The van der Waals surface area contributed by atoms with Gasteiger partial charge in [-0.1, -0.05) is 83.6 Å². The van der Waals surface area contributed by atoms with Gasteiger partial charge in [0.25, 0.3) is 0 Å². The molecule has 1 aliphatic heterocycles. The number of aromatic hydroxyl groups is 1. The molecule has 3 aromatic rings. The van der Waals surface area contributed by atoms with Gasteiger partial charge in [0.1, 0.15) is 16.9 Å². The molecule has 0 unspecified atom stereocenters. The highest BCUT2D eigenvalue weighted by Crippen LogP contribution is 2.51. The first-order valence-corrected chi connectivity index (χ1v) is 13.9. The van der Waals surface area contributed by atoms with Gasteiger partial charge in [0.2, 0.25) is 11.8 Å². The Morgan fingerprint density at radius 3 is 1.74 bits per heavy atom. The summed E-state index contributed by atoms with van der Waals surface area (Å²) in [7, 11) is 0. The smallest absolute Gasteiger partial charge is 0.242 e. The van der Waals surface area contributed by atoms with Crippen molar-refractivity contribution in [2.45, 2.75) is 47.0 Å². The third-order valence-corrected chi connectivity index (χ3v) is 6.57. The van der Waals surface area contributed by atoms with Crippen LogP contribution >= 0.6 is 23.2 Å². The minimum absolute atomic E-state index is 0.0996. The van der Waals surface area contributed by atoms with Gasteiger partial charge in [-0.25, -0.2) is 0 Å². The summed E-state index contributed by atoms with van der Waals surface area (Å²) in [6.45, 7) is 13.7. The van der Waals surface area contributed by atoms with Gasteiger partial charge in [-0.3, -0.25) is 14.9 Å². The number of phenolic OH excluding ortho intramolecular Hbond substituents is 1. The lowest BCUT2D eigenvalue weighted by atomic mass is 9.59. The van der Waals surface area contributed by atoms with Crippen LogP contribution in [0.15, 0.2) is 103 Å². The van der Waals surface area contributed by atoms with E-state index >= 15 is 0 Å². The zero-order chi connectivity index (χ0) is 31.9. The second-order valence-corrected chi connectivity index (χ2v) is 10.6. The summed E-state index contributed by atoms with van der Waals surface area (Å²) in [5, 5.41) is 12.6. The molecule has 4 rings (SSSR count). The Morgan fingerprint density at radius 1 is 0.881 bits per heavy atom.